The first-order valence-corrected chi connectivity index (χ1v) is 10.4. The van der Waals surface area contributed by atoms with E-state index in [0.717, 1.165) is 5.56 Å². The summed E-state index contributed by atoms with van der Waals surface area (Å²) in [6.45, 7) is 3.25. The number of anilines is 2. The lowest BCUT2D eigenvalue weighted by Crippen LogP contribution is -2.46. The van der Waals surface area contributed by atoms with Crippen LogP contribution in [-0.2, 0) is 17.9 Å². The van der Waals surface area contributed by atoms with Crippen molar-refractivity contribution >= 4 is 34.1 Å². The van der Waals surface area contributed by atoms with E-state index in [2.05, 4.69) is 20.5 Å². The number of hydrogen-bond donors (Lipinski definition) is 2. The maximum absolute atomic E-state index is 14.5. The third kappa shape index (κ3) is 3.56. The largest absolute Gasteiger partial charge is 0.365 e. The van der Waals surface area contributed by atoms with Crippen LogP contribution in [-0.4, -0.2) is 59.5 Å². The van der Waals surface area contributed by atoms with Gasteiger partial charge in [-0.2, -0.15) is 4.39 Å². The van der Waals surface area contributed by atoms with E-state index in [4.69, 9.17) is 0 Å². The summed E-state index contributed by atoms with van der Waals surface area (Å²) in [7, 11) is 1.47. The van der Waals surface area contributed by atoms with Crippen molar-refractivity contribution in [3.63, 3.8) is 0 Å². The second-order valence-electron chi connectivity index (χ2n) is 8.04. The fourth-order valence-electron chi connectivity index (χ4n) is 4.43. The van der Waals surface area contributed by atoms with E-state index < -0.39 is 11.9 Å². The third-order valence-electron chi connectivity index (χ3n) is 5.98. The highest BCUT2D eigenvalue weighted by atomic mass is 19.1. The molecule has 2 aromatic heterocycles. The van der Waals surface area contributed by atoms with Crippen molar-refractivity contribution < 1.29 is 18.4 Å². The standard InChI is InChI=1S/C22H22F2N6O2/c1-25-22(32)16-2-3-18(21(24)27-16)29-6-4-28(5-7-29)10-13-8-14-15(23)11-30-12-19(31)26-17(9-13)20(14)30/h2-3,8-9,11H,4-7,10,12H2,1H3,(H,25,32)(H,26,31). The Morgan fingerprint density at radius 3 is 2.69 bits per heavy atom. The van der Waals surface area contributed by atoms with Crippen LogP contribution in [0.5, 0.6) is 0 Å². The summed E-state index contributed by atoms with van der Waals surface area (Å²) < 4.78 is 30.5. The molecule has 166 valence electrons. The lowest BCUT2D eigenvalue weighted by molar-refractivity contribution is -0.116. The molecule has 3 aromatic rings. The molecule has 0 atom stereocenters. The molecule has 0 saturated carbocycles. The second-order valence-corrected chi connectivity index (χ2v) is 8.04. The van der Waals surface area contributed by atoms with E-state index >= 15 is 0 Å². The molecule has 0 bridgehead atoms. The molecular formula is C22H22F2N6O2. The molecule has 4 heterocycles. The average molecular weight is 440 g/mol. The molecule has 8 nitrogen and oxygen atoms in total. The van der Waals surface area contributed by atoms with Gasteiger partial charge in [-0.25, -0.2) is 9.37 Å². The monoisotopic (exact) mass is 440 g/mol. The first kappa shape index (κ1) is 20.4. The van der Waals surface area contributed by atoms with Crippen molar-refractivity contribution in [2.45, 2.75) is 13.1 Å². The Hall–Kier alpha value is -3.53. The smallest absolute Gasteiger partial charge is 0.269 e. The maximum Gasteiger partial charge on any atom is 0.269 e. The van der Waals surface area contributed by atoms with Gasteiger partial charge in [0, 0.05) is 51.4 Å². The minimum atomic E-state index is -0.667. The molecule has 2 aliphatic heterocycles. The number of halogens is 2. The first-order chi connectivity index (χ1) is 15.4. The van der Waals surface area contributed by atoms with Gasteiger partial charge in [0.05, 0.1) is 16.9 Å². The quantitative estimate of drug-likeness (QED) is 0.606. The van der Waals surface area contributed by atoms with Crippen LogP contribution >= 0.6 is 0 Å². The van der Waals surface area contributed by atoms with Crippen molar-refractivity contribution in [3.8, 4) is 0 Å². The van der Waals surface area contributed by atoms with Crippen molar-refractivity contribution in [2.75, 3.05) is 43.4 Å². The second kappa shape index (κ2) is 7.86. The van der Waals surface area contributed by atoms with Gasteiger partial charge in [0.25, 0.3) is 5.91 Å². The minimum Gasteiger partial charge on any atom is -0.365 e. The number of amides is 2. The molecule has 1 aromatic carbocycles. The summed E-state index contributed by atoms with van der Waals surface area (Å²) in [5.74, 6) is -1.61. The molecule has 0 unspecified atom stereocenters. The van der Waals surface area contributed by atoms with Gasteiger partial charge in [-0.15, -0.1) is 0 Å². The van der Waals surface area contributed by atoms with Crippen molar-refractivity contribution in [3.05, 3.63) is 53.5 Å². The lowest BCUT2D eigenvalue weighted by Gasteiger charge is -2.36. The third-order valence-corrected chi connectivity index (χ3v) is 5.98. The Balaban J connectivity index is 1.29. The minimum absolute atomic E-state index is 0.0416. The Morgan fingerprint density at radius 2 is 1.97 bits per heavy atom. The average Bonchev–Trinajstić information content (AvgIpc) is 3.09. The molecule has 2 aliphatic rings. The molecule has 32 heavy (non-hydrogen) atoms. The van der Waals surface area contributed by atoms with Gasteiger partial charge < -0.3 is 20.1 Å². The SMILES string of the molecule is CNC(=O)c1ccc(N2CCN(Cc3cc4c5c(c3)c(F)cn5CC(=O)N4)CC2)c(F)n1. The predicted octanol–water partition coefficient (Wildman–Crippen LogP) is 1.95. The number of piperazine rings is 1. The number of benzene rings is 1. The van der Waals surface area contributed by atoms with E-state index in [9.17, 15) is 18.4 Å². The van der Waals surface area contributed by atoms with Crippen LogP contribution in [0.1, 0.15) is 16.1 Å². The molecule has 0 aliphatic carbocycles. The van der Waals surface area contributed by atoms with Gasteiger partial charge in [-0.05, 0) is 29.8 Å². The Morgan fingerprint density at radius 1 is 1.19 bits per heavy atom. The van der Waals surface area contributed by atoms with Crippen LogP contribution in [0.3, 0.4) is 0 Å². The molecule has 2 N–H and O–H groups in total. The lowest BCUT2D eigenvalue weighted by atomic mass is 10.1. The van der Waals surface area contributed by atoms with E-state index in [1.54, 1.807) is 10.6 Å². The molecular weight excluding hydrogens is 418 g/mol. The number of pyridine rings is 1. The van der Waals surface area contributed by atoms with E-state index in [0.29, 0.717) is 55.0 Å². The van der Waals surface area contributed by atoms with Crippen LogP contribution in [0, 0.1) is 11.8 Å². The fourth-order valence-corrected chi connectivity index (χ4v) is 4.43. The summed E-state index contributed by atoms with van der Waals surface area (Å²) in [5.41, 5.74) is 2.65. The van der Waals surface area contributed by atoms with Gasteiger partial charge >= 0.3 is 0 Å². The predicted molar refractivity (Wildman–Crippen MR) is 116 cm³/mol. The summed E-state index contributed by atoms with van der Waals surface area (Å²) in [5, 5.41) is 5.77. The van der Waals surface area contributed by atoms with Gasteiger partial charge in [-0.3, -0.25) is 14.5 Å². The number of nitrogens with one attached hydrogen (secondary N) is 2. The fraction of sp³-hybridized carbons (Fsp3) is 0.318. The van der Waals surface area contributed by atoms with Gasteiger partial charge in [-0.1, -0.05) is 0 Å². The Kier molecular flexibility index (Phi) is 5.01. The Labute approximate surface area is 182 Å². The molecule has 1 saturated heterocycles. The molecule has 10 heteroatoms. The van der Waals surface area contributed by atoms with Crippen LogP contribution in [0.15, 0.2) is 30.5 Å². The zero-order valence-corrected chi connectivity index (χ0v) is 17.5. The molecule has 0 spiro atoms. The number of carbonyl (C=O) groups excluding carboxylic acids is 2. The number of rotatable bonds is 4. The van der Waals surface area contributed by atoms with Gasteiger partial charge in [0.15, 0.2) is 0 Å². The summed E-state index contributed by atoms with van der Waals surface area (Å²) >= 11 is 0. The van der Waals surface area contributed by atoms with Crippen molar-refractivity contribution in [2.24, 2.45) is 0 Å². The Bertz CT molecular complexity index is 1230. The highest BCUT2D eigenvalue weighted by Gasteiger charge is 2.24. The van der Waals surface area contributed by atoms with Crippen molar-refractivity contribution in [1.82, 2.24) is 19.8 Å². The molecule has 5 rings (SSSR count). The van der Waals surface area contributed by atoms with Crippen molar-refractivity contribution in [1.29, 1.82) is 0 Å². The molecule has 1 fully saturated rings. The number of hydrogen-bond acceptors (Lipinski definition) is 5. The molecule has 0 radical (unpaired) electrons. The number of nitrogens with zero attached hydrogens (tertiary/aromatic N) is 4. The first-order valence-electron chi connectivity index (χ1n) is 10.4. The molecule has 2 amide bonds. The van der Waals surface area contributed by atoms with E-state index in [1.807, 2.05) is 17.0 Å². The maximum atomic E-state index is 14.5. The van der Waals surface area contributed by atoms with Gasteiger partial charge in [0.2, 0.25) is 11.9 Å². The van der Waals surface area contributed by atoms with Crippen LogP contribution < -0.4 is 15.5 Å². The van der Waals surface area contributed by atoms with Crippen LogP contribution in [0.2, 0.25) is 0 Å². The van der Waals surface area contributed by atoms with Crippen LogP contribution in [0.4, 0.5) is 20.2 Å². The topological polar surface area (TPSA) is 82.5 Å². The summed E-state index contributed by atoms with van der Waals surface area (Å²) in [4.78, 5) is 31.4. The number of aromatic nitrogens is 2. The summed E-state index contributed by atoms with van der Waals surface area (Å²) in [6, 6.07) is 6.81. The van der Waals surface area contributed by atoms with Crippen LogP contribution in [0.25, 0.3) is 10.9 Å². The number of carbonyl (C=O) groups is 2. The van der Waals surface area contributed by atoms with E-state index in [1.165, 1.54) is 19.3 Å². The zero-order chi connectivity index (χ0) is 22.4. The zero-order valence-electron chi connectivity index (χ0n) is 17.5. The highest BCUT2D eigenvalue weighted by Crippen LogP contribution is 2.32. The summed E-state index contributed by atoms with van der Waals surface area (Å²) in [6.07, 6.45) is 1.37. The van der Waals surface area contributed by atoms with Gasteiger partial charge in [0.1, 0.15) is 18.1 Å². The normalized spacial score (nSPS) is 16.3. The highest BCUT2D eigenvalue weighted by molar-refractivity contribution is 6.05. The van der Waals surface area contributed by atoms with E-state index in [-0.39, 0.29) is 24.0 Å².